The van der Waals surface area contributed by atoms with E-state index in [1.165, 1.54) is 38.0 Å². The van der Waals surface area contributed by atoms with Gasteiger partial charge in [0.1, 0.15) is 58.8 Å². The molecule has 6 heterocycles. The lowest BCUT2D eigenvalue weighted by Crippen LogP contribution is -2.41. The summed E-state index contributed by atoms with van der Waals surface area (Å²) in [6, 6.07) is 51.8. The number of amides is 6. The van der Waals surface area contributed by atoms with Crippen molar-refractivity contribution in [3.05, 3.63) is 212 Å². The van der Waals surface area contributed by atoms with Crippen LogP contribution in [0.2, 0.25) is 0 Å². The van der Waals surface area contributed by atoms with Crippen molar-refractivity contribution < 1.29 is 73.1 Å². The summed E-state index contributed by atoms with van der Waals surface area (Å²) in [6.07, 6.45) is 12.7. The first-order valence-electron chi connectivity index (χ1n) is 48.8. The van der Waals surface area contributed by atoms with Gasteiger partial charge in [0.2, 0.25) is 55.2 Å². The van der Waals surface area contributed by atoms with E-state index in [1.807, 2.05) is 138 Å². The third kappa shape index (κ3) is 25.5. The molecule has 38 heteroatoms. The number of rotatable bonds is 26. The fraction of sp³-hybridized carbons (Fsp3) is 0.402. The fourth-order valence-corrected chi connectivity index (χ4v) is 21.3. The molecule has 0 saturated carbocycles. The summed E-state index contributed by atoms with van der Waals surface area (Å²) in [4.78, 5) is 74.3. The van der Waals surface area contributed by atoms with Crippen molar-refractivity contribution in [2.75, 3.05) is 65.9 Å². The quantitative estimate of drug-likeness (QED) is 0.0391. The second-order valence-electron chi connectivity index (χ2n) is 38.2. The number of benzene rings is 8. The molecule has 0 radical (unpaired) electrons. The summed E-state index contributed by atoms with van der Waals surface area (Å²) >= 11 is 0. The minimum atomic E-state index is -3.82. The molecule has 5 atom stereocenters. The minimum Gasteiger partial charge on any atom is -0.490 e. The second-order valence-corrected chi connectivity index (χ2v) is 41.7. The van der Waals surface area contributed by atoms with Crippen LogP contribution < -0.4 is 39.0 Å². The molecular formula is C107H118N20O16S2. The maximum atomic E-state index is 12.9. The molecule has 6 aliphatic rings. The Hall–Kier alpha value is -15.2. The fourth-order valence-electron chi connectivity index (χ4n) is 18.6. The number of carbonyl (C=O) groups is 4. The van der Waals surface area contributed by atoms with Gasteiger partial charge in [0, 0.05) is 111 Å². The molecule has 0 bridgehead atoms. The van der Waals surface area contributed by atoms with Crippen LogP contribution in [0.3, 0.4) is 0 Å². The molecule has 8 aromatic carbocycles. The van der Waals surface area contributed by atoms with Gasteiger partial charge < -0.3 is 67.3 Å². The molecule has 36 nitrogen and oxygen atoms in total. The molecule has 0 unspecified atom stereocenters. The Balaban J connectivity index is 0.000000145. The van der Waals surface area contributed by atoms with Crippen LogP contribution in [-0.4, -0.2) is 191 Å². The van der Waals surface area contributed by atoms with Crippen LogP contribution in [-0.2, 0) is 55.3 Å². The molecule has 6 amide bonds. The molecule has 2 saturated heterocycles. The number of aromatic nitrogens is 8. The molecule has 2 fully saturated rings. The lowest BCUT2D eigenvalue weighted by atomic mass is 9.84. The SMILES string of the molecule is CC(C)Oc1ccc(-c2nc(-c3cccc4c3CCC[C@@H]4NC(=O)N3CCCC3)no2)cc1C#N.CC(C)Oc1ccc(-c2nc(-c3cccc4c3CCC[C@@H]4NS(=O)(=O)CC(=O)N(C)C)no2)cc1C#N.CC(C)Oc1ccc(-c2nc(-c3cccc4c3CCC[C@H]4NC(=O)N3CC[C@H](C)C3)no2)cc1C#N.CC(C)Oc1ccc(-c2nc(-c3cccc4c3CCC[C@H]4NS(=O)(=O)CC(=O)N(C)C)no2)cc1C#N. The molecule has 754 valence electrons. The van der Waals surface area contributed by atoms with Gasteiger partial charge in [-0.3, -0.25) is 9.59 Å². The molecule has 18 rings (SSSR count). The van der Waals surface area contributed by atoms with Gasteiger partial charge in [-0.05, 0) is 275 Å². The number of likely N-dealkylation sites (tertiary alicyclic amines) is 2. The van der Waals surface area contributed by atoms with Crippen LogP contribution in [0.1, 0.15) is 224 Å². The molecule has 4 aliphatic carbocycles. The largest absolute Gasteiger partial charge is 0.490 e. The van der Waals surface area contributed by atoms with Crippen molar-refractivity contribution in [1.82, 2.24) is 80.2 Å². The number of sulfonamides is 2. The summed E-state index contributed by atoms with van der Waals surface area (Å²) in [6.45, 7) is 20.7. The van der Waals surface area contributed by atoms with Crippen molar-refractivity contribution in [3.63, 3.8) is 0 Å². The summed E-state index contributed by atoms with van der Waals surface area (Å²) in [5, 5.41) is 61.5. The van der Waals surface area contributed by atoms with E-state index in [0.29, 0.717) is 121 Å². The van der Waals surface area contributed by atoms with Crippen molar-refractivity contribution in [1.29, 1.82) is 21.0 Å². The lowest BCUT2D eigenvalue weighted by molar-refractivity contribution is -0.126. The van der Waals surface area contributed by atoms with Gasteiger partial charge >= 0.3 is 12.1 Å². The van der Waals surface area contributed by atoms with Crippen LogP contribution in [0.15, 0.2) is 164 Å². The van der Waals surface area contributed by atoms with E-state index >= 15 is 0 Å². The zero-order chi connectivity index (χ0) is 103. The topological polar surface area (TPSA) is 485 Å². The maximum Gasteiger partial charge on any atom is 0.317 e. The third-order valence-electron chi connectivity index (χ3n) is 25.5. The minimum absolute atomic E-state index is 0.0163. The summed E-state index contributed by atoms with van der Waals surface area (Å²) < 4.78 is 101. The van der Waals surface area contributed by atoms with Crippen LogP contribution in [0.5, 0.6) is 23.0 Å². The van der Waals surface area contributed by atoms with Crippen molar-refractivity contribution in [3.8, 4) is 139 Å². The second kappa shape index (κ2) is 46.4. The highest BCUT2D eigenvalue weighted by atomic mass is 32.2. The number of nitrogens with zero attached hydrogens (tertiary/aromatic N) is 16. The molecule has 145 heavy (non-hydrogen) atoms. The number of urea groups is 2. The average Bonchev–Trinajstić information content (AvgIpc) is 1.78. The summed E-state index contributed by atoms with van der Waals surface area (Å²) in [5.41, 5.74) is 15.5. The number of carbonyl (C=O) groups excluding carboxylic acids is 4. The van der Waals surface area contributed by atoms with E-state index in [2.05, 4.69) is 104 Å². The van der Waals surface area contributed by atoms with Gasteiger partial charge in [-0.1, -0.05) is 100 Å². The van der Waals surface area contributed by atoms with E-state index < -0.39 is 55.5 Å². The zero-order valence-corrected chi connectivity index (χ0v) is 85.0. The molecule has 4 N–H and O–H groups in total. The Morgan fingerprint density at radius 1 is 0.386 bits per heavy atom. The first-order chi connectivity index (χ1) is 69.6. The Kier molecular flexibility index (Phi) is 33.3. The molecule has 12 aromatic rings. The monoisotopic (exact) mass is 2000 g/mol. The first-order valence-corrected chi connectivity index (χ1v) is 52.1. The van der Waals surface area contributed by atoms with E-state index in [4.69, 9.17) is 37.0 Å². The van der Waals surface area contributed by atoms with Crippen LogP contribution in [0.25, 0.3) is 91.4 Å². The standard InChI is InChI=1S/C28H31N5O3.C27H29N5O3.2C26H29N5O5S/c1-17(2)35-25-11-10-19(14-20(25)15-29)27-31-26(32-36-27)23-8-4-7-22-21(23)6-5-9-24(22)30-28(34)33-13-12-18(3)16-33;1-17(2)34-24-12-11-18(15-19(24)16-28)26-30-25(31-35-26)22-9-5-8-21-20(22)7-6-10-23(21)29-27(33)32-13-3-4-14-32;2*1-16(2)35-23-12-11-17(13-18(23)14-27)26-28-25(29-36-26)21-9-5-8-20-19(21)7-6-10-22(20)30-37(33,34)15-24(32)31(3)4/h4,7-8,10-11,14,17-18,24H,5-6,9,12-13,16H2,1-3H3,(H,30,34);5,8-9,11-12,15,17,23H,3-4,6-7,10,13-14H2,1-2H3,(H,29,33);2*5,8-9,11-13,16,22,30H,6-7,10,15H2,1-4H3/t18-,24+;23-;2*22-/m0010/s1. The maximum absolute atomic E-state index is 12.9. The smallest absolute Gasteiger partial charge is 0.317 e. The molecular weight excluding hydrogens is 1890 g/mol. The van der Waals surface area contributed by atoms with E-state index in [0.717, 1.165) is 176 Å². The van der Waals surface area contributed by atoms with Crippen LogP contribution in [0.4, 0.5) is 9.59 Å². The third-order valence-corrected chi connectivity index (χ3v) is 28.0. The number of nitriles is 4. The van der Waals surface area contributed by atoms with E-state index in [1.54, 1.807) is 60.7 Å². The molecule has 0 spiro atoms. The van der Waals surface area contributed by atoms with E-state index in [9.17, 15) is 57.1 Å². The Labute approximate surface area is 843 Å². The van der Waals surface area contributed by atoms with Crippen LogP contribution in [0, 0.1) is 51.2 Å². The van der Waals surface area contributed by atoms with Gasteiger partial charge in [0.15, 0.2) is 0 Å². The van der Waals surface area contributed by atoms with Crippen molar-refractivity contribution >= 4 is 43.9 Å². The number of hydrogen-bond donors (Lipinski definition) is 4. The molecule has 4 aromatic heterocycles. The Morgan fingerprint density at radius 2 is 0.662 bits per heavy atom. The average molecular weight is 2000 g/mol. The highest BCUT2D eigenvalue weighted by Gasteiger charge is 2.36. The normalized spacial score (nSPS) is 16.7. The highest BCUT2D eigenvalue weighted by Crippen LogP contribution is 2.44. The van der Waals surface area contributed by atoms with Crippen molar-refractivity contribution in [2.45, 2.75) is 207 Å². The first kappa shape index (κ1) is 104. The highest BCUT2D eigenvalue weighted by molar-refractivity contribution is 7.90. The summed E-state index contributed by atoms with van der Waals surface area (Å²) in [7, 11) is -1.56. The van der Waals surface area contributed by atoms with Crippen molar-refractivity contribution in [2.24, 2.45) is 5.92 Å². The predicted octanol–water partition coefficient (Wildman–Crippen LogP) is 17.6. The van der Waals surface area contributed by atoms with Gasteiger partial charge in [-0.2, -0.15) is 41.0 Å². The lowest BCUT2D eigenvalue weighted by Gasteiger charge is -2.29. The van der Waals surface area contributed by atoms with Gasteiger partial charge in [-0.25, -0.2) is 35.9 Å². The number of hydrogen-bond acceptors (Lipinski definition) is 28. The number of ether oxygens (including phenoxy) is 4. The molecule has 2 aliphatic heterocycles. The van der Waals surface area contributed by atoms with Crippen LogP contribution >= 0.6 is 0 Å². The van der Waals surface area contributed by atoms with Gasteiger partial charge in [0.25, 0.3) is 23.6 Å². The van der Waals surface area contributed by atoms with Gasteiger partial charge in [-0.15, -0.1) is 0 Å². The Morgan fingerprint density at radius 3 is 0.924 bits per heavy atom. The number of nitrogens with one attached hydrogen (secondary N) is 4. The predicted molar refractivity (Wildman–Crippen MR) is 540 cm³/mol. The Bertz CT molecular complexity index is 6950. The number of fused-ring (bicyclic) bond motifs is 4. The zero-order valence-electron chi connectivity index (χ0n) is 83.4. The van der Waals surface area contributed by atoms with Gasteiger partial charge in [0.05, 0.1) is 58.8 Å². The van der Waals surface area contributed by atoms with E-state index in [-0.39, 0.29) is 60.3 Å². The summed E-state index contributed by atoms with van der Waals surface area (Å²) in [5.74, 6) is 3.37.